The highest BCUT2D eigenvalue weighted by Gasteiger charge is 2.63. The Morgan fingerprint density at radius 1 is 0.454 bits per heavy atom. The number of aliphatic hydroxyl groups is 1. The maximum atomic E-state index is 15.8. The number of thiophene rings is 2. The van der Waals surface area contributed by atoms with Crippen LogP contribution in [0, 0.1) is 34.5 Å². The molecule has 108 heavy (non-hydrogen) atoms. The molecule has 0 spiro atoms. The summed E-state index contributed by atoms with van der Waals surface area (Å²) in [6.07, 6.45) is 1.71. The number of benzene rings is 6. The predicted octanol–water partition coefficient (Wildman–Crippen LogP) is 12.7. The minimum atomic E-state index is -2.87. The molecule has 0 saturated carbocycles. The molecule has 1 N–H and O–H groups in total. The molecule has 8 aromatic rings. The topological polar surface area (TPSA) is 326 Å². The van der Waals surface area contributed by atoms with Gasteiger partial charge >= 0.3 is 47.3 Å². The number of allylic oxidation sites excluding steroid dienone is 4. The molecular formula is C82H58N6O18S2. The van der Waals surface area contributed by atoms with Crippen LogP contribution >= 0.6 is 22.7 Å². The maximum absolute atomic E-state index is 15.8. The van der Waals surface area contributed by atoms with Gasteiger partial charge in [0.05, 0.1) is 21.4 Å². The summed E-state index contributed by atoms with van der Waals surface area (Å²) in [5.41, 5.74) is -4.89. The zero-order chi connectivity index (χ0) is 75.4. The fourth-order valence-corrected chi connectivity index (χ4v) is 14.8. The van der Waals surface area contributed by atoms with E-state index in [1.807, 2.05) is 6.07 Å². The molecule has 6 aliphatic rings. The standard InChI is InChI=1S/C82H58N6O18S2/c1-47-59(39-83)71(89)87(79(97)103-45-53-29-17-7-18-30-53)73(91)67(47)85-65-37-63-69(107-65)57-33-55-36-62-58(34-56(55)35-61(57)81(105-63,75(93)99-41-49-21-9-3-10-22-49)76(94)100-42-50-23-11-4-12-24-50)70-64(106-82(62,77(95)101-43-51-25-13-5-14-26-51)78(96)102-44-52-27-15-6-16-28-52)38-66(108-70)86-68-48(2)60(40-84)72(90)88(74(68)92)80(98)104-46-54-31-19-8-20-32-54/h3-38,55-56,71,89H,41-46H2,1-2H3. The number of imide groups is 4. The van der Waals surface area contributed by atoms with Crippen LogP contribution in [0.1, 0.15) is 57.0 Å². The Morgan fingerprint density at radius 2 is 0.787 bits per heavy atom. The Morgan fingerprint density at radius 3 is 1.13 bits per heavy atom. The Bertz CT molecular complexity index is 5290. The lowest BCUT2D eigenvalue weighted by Gasteiger charge is -2.42. The van der Waals surface area contributed by atoms with E-state index in [-0.39, 0.29) is 109 Å². The smallest absolute Gasteiger partial charge is 0.424 e. The number of carbonyl (C=O) groups excluding carboxylic acids is 9. The molecule has 24 nitrogen and oxygen atoms in total. The lowest BCUT2D eigenvalue weighted by molar-refractivity contribution is -0.179. The van der Waals surface area contributed by atoms with Gasteiger partial charge in [0.2, 0.25) is 0 Å². The Hall–Kier alpha value is -13.5. The molecule has 6 aromatic carbocycles. The van der Waals surface area contributed by atoms with Crippen LogP contribution in [0.5, 0.6) is 11.5 Å². The number of nitrogens with zero attached hydrogens (tertiary/aromatic N) is 6. The van der Waals surface area contributed by atoms with Crippen molar-refractivity contribution in [3.05, 3.63) is 295 Å². The molecule has 2 aliphatic carbocycles. The number of hydrogen-bond donors (Lipinski definition) is 1. The summed E-state index contributed by atoms with van der Waals surface area (Å²) in [5.74, 6) is -11.0. The van der Waals surface area contributed by atoms with Crippen molar-refractivity contribution in [2.24, 2.45) is 21.8 Å². The lowest BCUT2D eigenvalue weighted by Crippen LogP contribution is -2.58. The molecule has 5 amide bonds. The van der Waals surface area contributed by atoms with E-state index in [9.17, 15) is 39.6 Å². The number of aliphatic hydroxyl groups excluding tert-OH is 1. The average Bonchev–Trinajstić information content (AvgIpc) is 1.27. The van der Waals surface area contributed by atoms with Crippen molar-refractivity contribution >= 4 is 109 Å². The number of ether oxygens (including phenoxy) is 8. The number of aliphatic imine (C=N–C) groups is 2. The van der Waals surface area contributed by atoms with Gasteiger partial charge in [0.15, 0.2) is 6.23 Å². The number of rotatable bonds is 18. The van der Waals surface area contributed by atoms with Crippen molar-refractivity contribution in [3.63, 3.8) is 0 Å². The van der Waals surface area contributed by atoms with Crippen molar-refractivity contribution < 1.29 is 86.2 Å². The van der Waals surface area contributed by atoms with Crippen LogP contribution in [-0.2, 0) is 102 Å². The maximum Gasteiger partial charge on any atom is 0.424 e. The highest BCUT2D eigenvalue weighted by molar-refractivity contribution is 7.17. The first-order chi connectivity index (χ1) is 52.4. The molecule has 0 bridgehead atoms. The SMILES string of the molecule is CC1=C(C#N)C(=O)N(C(=O)OCc2ccccc2)C(=O)C1=Nc1cc2c(s1)C1=CC3C=C4C(=CC3C=C1C(C(=O)OCc1ccccc1)(C(=O)OCc1ccccc1)O2)c1sc(N=C2C(=O)N(C(=O)OCc3ccccc3)C(O)C(C#N)=C2C)cc1OC4(C(=O)OCc1ccccc1)C(=O)OCc1ccccc1. The Balaban J connectivity index is 0.941. The lowest BCUT2D eigenvalue weighted by atomic mass is 9.68. The van der Waals surface area contributed by atoms with Crippen molar-refractivity contribution in [1.29, 1.82) is 10.5 Å². The molecule has 4 aliphatic heterocycles. The fourth-order valence-electron chi connectivity index (χ4n) is 12.8. The summed E-state index contributed by atoms with van der Waals surface area (Å²) in [4.78, 5) is 144. The van der Waals surface area contributed by atoms with E-state index >= 15 is 19.2 Å². The van der Waals surface area contributed by atoms with Gasteiger partial charge in [0.1, 0.15) is 84.2 Å². The largest absolute Gasteiger partial charge is 0.458 e. The number of hydrogen-bond acceptors (Lipinski definition) is 24. The van der Waals surface area contributed by atoms with Crippen LogP contribution in [0.25, 0.3) is 11.1 Å². The first-order valence-corrected chi connectivity index (χ1v) is 35.1. The summed E-state index contributed by atoms with van der Waals surface area (Å²) in [6.45, 7) is 0.475. The predicted molar refractivity (Wildman–Crippen MR) is 388 cm³/mol. The van der Waals surface area contributed by atoms with E-state index in [2.05, 4.69) is 4.99 Å². The minimum absolute atomic E-state index is 0.0509. The van der Waals surface area contributed by atoms with Crippen molar-refractivity contribution in [2.75, 3.05) is 0 Å². The second-order valence-corrected chi connectivity index (χ2v) is 27.2. The monoisotopic (exact) mass is 1480 g/mol. The number of esters is 4. The van der Waals surface area contributed by atoms with Gasteiger partial charge in [-0.2, -0.15) is 15.4 Å². The highest BCUT2D eigenvalue weighted by Crippen LogP contribution is 2.59. The van der Waals surface area contributed by atoms with Crippen LogP contribution in [0.15, 0.2) is 262 Å². The van der Waals surface area contributed by atoms with Gasteiger partial charge in [-0.1, -0.05) is 206 Å². The third-order valence-corrected chi connectivity index (χ3v) is 20.4. The second kappa shape index (κ2) is 30.3. The molecule has 2 aromatic heterocycles. The quantitative estimate of drug-likeness (QED) is 0.0361. The van der Waals surface area contributed by atoms with Crippen LogP contribution < -0.4 is 9.47 Å². The molecule has 0 radical (unpaired) electrons. The van der Waals surface area contributed by atoms with Gasteiger partial charge in [-0.05, 0) is 52.8 Å². The summed E-state index contributed by atoms with van der Waals surface area (Å²) >= 11 is 1.76. The number of nitriles is 2. The summed E-state index contributed by atoms with van der Waals surface area (Å²) in [7, 11) is 0. The van der Waals surface area contributed by atoms with Gasteiger partial charge in [-0.25, -0.2) is 43.7 Å². The van der Waals surface area contributed by atoms with E-state index in [4.69, 9.17) is 42.9 Å². The zero-order valence-electron chi connectivity index (χ0n) is 57.1. The third kappa shape index (κ3) is 13.6. The van der Waals surface area contributed by atoms with E-state index in [1.165, 1.54) is 26.0 Å². The molecule has 0 saturated heterocycles. The van der Waals surface area contributed by atoms with Gasteiger partial charge in [-0.15, -0.1) is 22.7 Å². The van der Waals surface area contributed by atoms with Crippen molar-refractivity contribution in [1.82, 2.24) is 9.80 Å². The van der Waals surface area contributed by atoms with Crippen LogP contribution in [0.3, 0.4) is 0 Å². The van der Waals surface area contributed by atoms with Gasteiger partial charge in [0.25, 0.3) is 17.7 Å². The molecule has 14 rings (SSSR count). The van der Waals surface area contributed by atoms with E-state index in [0.717, 1.165) is 22.7 Å². The average molecular weight is 1480 g/mol. The summed E-state index contributed by atoms with van der Waals surface area (Å²) in [5, 5.41) is 32.1. The van der Waals surface area contributed by atoms with Crippen LogP contribution in [0.2, 0.25) is 0 Å². The van der Waals surface area contributed by atoms with Gasteiger partial charge in [-0.3, -0.25) is 14.4 Å². The van der Waals surface area contributed by atoms with E-state index in [0.29, 0.717) is 38.3 Å². The second-order valence-electron chi connectivity index (χ2n) is 25.1. The van der Waals surface area contributed by atoms with E-state index < -0.39 is 106 Å². The minimum Gasteiger partial charge on any atom is -0.458 e. The fraction of sp³-hybridized carbons (Fsp3) is 0.159. The summed E-state index contributed by atoms with van der Waals surface area (Å²) < 4.78 is 49.1. The molecule has 536 valence electrons. The first-order valence-electron chi connectivity index (χ1n) is 33.5. The highest BCUT2D eigenvalue weighted by atomic mass is 32.1. The Labute approximate surface area is 623 Å². The molecule has 26 heteroatoms. The Kier molecular flexibility index (Phi) is 20.0. The molecule has 3 unspecified atom stereocenters. The van der Waals surface area contributed by atoms with E-state index in [1.54, 1.807) is 212 Å². The number of amides is 5. The normalized spacial score (nSPS) is 18.6. The number of carbonyl (C=O) groups is 9. The zero-order valence-corrected chi connectivity index (χ0v) is 58.8. The third-order valence-electron chi connectivity index (χ3n) is 18.3. The molecule has 0 fully saturated rings. The summed E-state index contributed by atoms with van der Waals surface area (Å²) in [6, 6.07) is 57.6. The van der Waals surface area contributed by atoms with Gasteiger partial charge < -0.3 is 43.0 Å². The van der Waals surface area contributed by atoms with Crippen LogP contribution in [0.4, 0.5) is 19.6 Å². The molecule has 6 heterocycles. The molecule has 3 atom stereocenters. The van der Waals surface area contributed by atoms with Gasteiger partial charge in [0, 0.05) is 51.8 Å². The van der Waals surface area contributed by atoms with Crippen molar-refractivity contribution in [2.45, 2.75) is 70.9 Å². The van der Waals surface area contributed by atoms with Crippen molar-refractivity contribution in [3.8, 4) is 23.6 Å². The molecular weight excluding hydrogens is 1420 g/mol. The number of fused-ring (bicyclic) bond motifs is 7. The van der Waals surface area contributed by atoms with Crippen LogP contribution in [-0.4, -0.2) is 97.5 Å². The first kappa shape index (κ1) is 71.5.